The maximum atomic E-state index is 12.1. The minimum absolute atomic E-state index is 0.208. The molecule has 1 unspecified atom stereocenters. The van der Waals surface area contributed by atoms with E-state index in [4.69, 9.17) is 0 Å². The van der Waals surface area contributed by atoms with Crippen LogP contribution in [0.25, 0.3) is 0 Å². The van der Waals surface area contributed by atoms with Crippen LogP contribution in [0.2, 0.25) is 0 Å². The smallest absolute Gasteiger partial charge is 0.252 e. The Bertz CT molecular complexity index is 650. The molecule has 1 amide bonds. The van der Waals surface area contributed by atoms with Gasteiger partial charge in [-0.3, -0.25) is 9.59 Å². The number of nitrogens with one attached hydrogen (secondary N) is 1. The molecule has 0 radical (unpaired) electrons. The summed E-state index contributed by atoms with van der Waals surface area (Å²) in [5, 5.41) is 12.1. The lowest BCUT2D eigenvalue weighted by Crippen LogP contribution is -2.31. The monoisotopic (exact) mass is 272 g/mol. The van der Waals surface area contributed by atoms with Crippen molar-refractivity contribution in [3.05, 3.63) is 70.1 Å². The Morgan fingerprint density at radius 1 is 1.30 bits per heavy atom. The number of nitrogens with zero attached hydrogens (tertiary/aromatic N) is 1. The molecular weight excluding hydrogens is 256 g/mol. The largest absolute Gasteiger partial charge is 0.394 e. The van der Waals surface area contributed by atoms with Crippen LogP contribution in [0, 0.1) is 0 Å². The van der Waals surface area contributed by atoms with Crippen LogP contribution >= 0.6 is 0 Å². The normalized spacial score (nSPS) is 11.9. The number of rotatable bonds is 4. The Morgan fingerprint density at radius 3 is 2.60 bits per heavy atom. The first-order chi connectivity index (χ1) is 9.61. The van der Waals surface area contributed by atoms with E-state index < -0.39 is 6.04 Å². The Kier molecular flexibility index (Phi) is 4.32. The summed E-state index contributed by atoms with van der Waals surface area (Å²) < 4.78 is 1.39. The maximum absolute atomic E-state index is 12.1. The van der Waals surface area contributed by atoms with Gasteiger partial charge in [0.15, 0.2) is 0 Å². The van der Waals surface area contributed by atoms with Crippen molar-refractivity contribution in [2.45, 2.75) is 6.04 Å². The molecule has 0 aliphatic heterocycles. The molecule has 5 nitrogen and oxygen atoms in total. The summed E-state index contributed by atoms with van der Waals surface area (Å²) in [5.41, 5.74) is 0.840. The third-order valence-corrected chi connectivity index (χ3v) is 3.06. The van der Waals surface area contributed by atoms with Gasteiger partial charge in [-0.05, 0) is 11.6 Å². The number of hydrogen-bond acceptors (Lipinski definition) is 3. The maximum Gasteiger partial charge on any atom is 0.252 e. The van der Waals surface area contributed by atoms with E-state index in [0.29, 0.717) is 0 Å². The SMILES string of the molecule is Cn1ccc(C(=O)NC(CO)c2ccccc2)cc1=O. The predicted molar refractivity (Wildman–Crippen MR) is 75.4 cm³/mol. The highest BCUT2D eigenvalue weighted by Crippen LogP contribution is 2.12. The fourth-order valence-electron chi connectivity index (χ4n) is 1.85. The third-order valence-electron chi connectivity index (χ3n) is 3.06. The van der Waals surface area contributed by atoms with Crippen molar-refractivity contribution in [2.24, 2.45) is 7.05 Å². The summed E-state index contributed by atoms with van der Waals surface area (Å²) in [6.45, 7) is -0.208. The van der Waals surface area contributed by atoms with Crippen molar-refractivity contribution < 1.29 is 9.90 Å². The van der Waals surface area contributed by atoms with Gasteiger partial charge in [0.25, 0.3) is 11.5 Å². The van der Waals surface area contributed by atoms with E-state index in [1.54, 1.807) is 13.1 Å². The number of carbonyl (C=O) groups is 1. The highest BCUT2D eigenvalue weighted by Gasteiger charge is 2.15. The fraction of sp³-hybridized carbons (Fsp3) is 0.200. The molecule has 0 spiro atoms. The number of benzene rings is 1. The number of aryl methyl sites for hydroxylation is 1. The molecule has 104 valence electrons. The standard InChI is InChI=1S/C15H16N2O3/c1-17-8-7-12(9-14(17)19)15(20)16-13(10-18)11-5-3-2-4-6-11/h2-9,13,18H,10H2,1H3,(H,16,20). The molecule has 2 rings (SSSR count). The lowest BCUT2D eigenvalue weighted by atomic mass is 10.1. The molecule has 1 aromatic heterocycles. The van der Waals surface area contributed by atoms with E-state index in [-0.39, 0.29) is 23.6 Å². The van der Waals surface area contributed by atoms with Crippen molar-refractivity contribution >= 4 is 5.91 Å². The van der Waals surface area contributed by atoms with Crippen molar-refractivity contribution in [3.8, 4) is 0 Å². The molecule has 5 heteroatoms. The lowest BCUT2D eigenvalue weighted by Gasteiger charge is -2.16. The number of pyridine rings is 1. The second kappa shape index (κ2) is 6.16. The van der Waals surface area contributed by atoms with Gasteiger partial charge in [-0.1, -0.05) is 30.3 Å². The first-order valence-electron chi connectivity index (χ1n) is 6.25. The van der Waals surface area contributed by atoms with Gasteiger partial charge >= 0.3 is 0 Å². The van der Waals surface area contributed by atoms with Gasteiger partial charge in [0.05, 0.1) is 12.6 Å². The number of amides is 1. The highest BCUT2D eigenvalue weighted by molar-refractivity contribution is 5.94. The summed E-state index contributed by atoms with van der Waals surface area (Å²) in [7, 11) is 1.62. The molecule has 0 saturated heterocycles. The van der Waals surface area contributed by atoms with Gasteiger partial charge in [0.2, 0.25) is 0 Å². The van der Waals surface area contributed by atoms with Gasteiger partial charge in [0, 0.05) is 24.9 Å². The van der Waals surface area contributed by atoms with E-state index >= 15 is 0 Å². The Morgan fingerprint density at radius 2 is 2.00 bits per heavy atom. The zero-order valence-corrected chi connectivity index (χ0v) is 11.1. The Balaban J connectivity index is 2.17. The molecule has 20 heavy (non-hydrogen) atoms. The minimum atomic E-state index is -0.493. The molecule has 0 aliphatic carbocycles. The second-order valence-electron chi connectivity index (χ2n) is 4.48. The first-order valence-corrected chi connectivity index (χ1v) is 6.25. The Hall–Kier alpha value is -2.40. The molecule has 1 heterocycles. The summed E-state index contributed by atoms with van der Waals surface area (Å²) in [4.78, 5) is 23.6. The van der Waals surface area contributed by atoms with Crippen LogP contribution in [-0.2, 0) is 7.05 Å². The van der Waals surface area contributed by atoms with E-state index in [0.717, 1.165) is 5.56 Å². The summed E-state index contributed by atoms with van der Waals surface area (Å²) in [6.07, 6.45) is 1.54. The summed E-state index contributed by atoms with van der Waals surface area (Å²) >= 11 is 0. The predicted octanol–water partition coefficient (Wildman–Crippen LogP) is 0.849. The summed E-state index contributed by atoms with van der Waals surface area (Å²) in [5.74, 6) is -0.384. The topological polar surface area (TPSA) is 71.3 Å². The molecule has 2 N–H and O–H groups in total. The van der Waals surface area contributed by atoms with Crippen LogP contribution in [0.4, 0.5) is 0 Å². The second-order valence-corrected chi connectivity index (χ2v) is 4.48. The van der Waals surface area contributed by atoms with Crippen LogP contribution in [-0.4, -0.2) is 22.2 Å². The van der Waals surface area contributed by atoms with E-state index in [1.165, 1.54) is 16.8 Å². The quantitative estimate of drug-likeness (QED) is 0.866. The van der Waals surface area contributed by atoms with Gasteiger partial charge in [-0.25, -0.2) is 0 Å². The van der Waals surface area contributed by atoms with Gasteiger partial charge in [0.1, 0.15) is 0 Å². The van der Waals surface area contributed by atoms with Crippen molar-refractivity contribution in [3.63, 3.8) is 0 Å². The molecular formula is C15H16N2O3. The molecule has 0 saturated carbocycles. The first kappa shape index (κ1) is 14.0. The highest BCUT2D eigenvalue weighted by atomic mass is 16.3. The third kappa shape index (κ3) is 3.13. The van der Waals surface area contributed by atoms with E-state index in [9.17, 15) is 14.7 Å². The zero-order valence-electron chi connectivity index (χ0n) is 11.1. The van der Waals surface area contributed by atoms with Crippen LogP contribution in [0.15, 0.2) is 53.5 Å². The molecule has 0 fully saturated rings. The van der Waals surface area contributed by atoms with Gasteiger partial charge in [-0.15, -0.1) is 0 Å². The van der Waals surface area contributed by atoms with Crippen molar-refractivity contribution in [1.82, 2.24) is 9.88 Å². The van der Waals surface area contributed by atoms with Gasteiger partial charge in [-0.2, -0.15) is 0 Å². The molecule has 2 aromatic rings. The number of aliphatic hydroxyl groups excluding tert-OH is 1. The molecule has 0 bridgehead atoms. The number of aromatic nitrogens is 1. The molecule has 1 atom stereocenters. The summed E-state index contributed by atoms with van der Waals surface area (Å²) in [6, 6.07) is 11.5. The zero-order chi connectivity index (χ0) is 14.5. The van der Waals surface area contributed by atoms with Crippen LogP contribution < -0.4 is 10.9 Å². The number of carbonyl (C=O) groups excluding carboxylic acids is 1. The number of aliphatic hydroxyl groups is 1. The Labute approximate surface area is 116 Å². The minimum Gasteiger partial charge on any atom is -0.394 e. The van der Waals surface area contributed by atoms with E-state index in [2.05, 4.69) is 5.32 Å². The lowest BCUT2D eigenvalue weighted by molar-refractivity contribution is 0.0916. The molecule has 0 aliphatic rings. The average molecular weight is 272 g/mol. The fourth-order valence-corrected chi connectivity index (χ4v) is 1.85. The average Bonchev–Trinajstić information content (AvgIpc) is 2.48. The van der Waals surface area contributed by atoms with Crippen LogP contribution in [0.1, 0.15) is 22.0 Å². The number of hydrogen-bond donors (Lipinski definition) is 2. The molecule has 1 aromatic carbocycles. The van der Waals surface area contributed by atoms with Crippen LogP contribution in [0.5, 0.6) is 0 Å². The van der Waals surface area contributed by atoms with E-state index in [1.807, 2.05) is 30.3 Å². The van der Waals surface area contributed by atoms with Crippen molar-refractivity contribution in [2.75, 3.05) is 6.61 Å². The van der Waals surface area contributed by atoms with Crippen LogP contribution in [0.3, 0.4) is 0 Å². The van der Waals surface area contributed by atoms with Crippen molar-refractivity contribution in [1.29, 1.82) is 0 Å². The van der Waals surface area contributed by atoms with Gasteiger partial charge < -0.3 is 15.0 Å².